The molecule has 0 unspecified atom stereocenters. The van der Waals surface area contributed by atoms with Crippen LogP contribution in [-0.4, -0.2) is 5.91 Å². The third-order valence-electron chi connectivity index (χ3n) is 3.05. The van der Waals surface area contributed by atoms with Crippen molar-refractivity contribution in [3.63, 3.8) is 0 Å². The molecule has 100 valence electrons. The standard InChI is InChI=1S/C15H16FNOS/c1-3-11-6-7-19-14(11)9-17-15(18)12-4-5-13(16)10(2)8-12/h4-8H,3,9H2,1-2H3,(H,17,18). The normalized spacial score (nSPS) is 10.5. The number of rotatable bonds is 4. The molecule has 2 rings (SSSR count). The Hall–Kier alpha value is -1.68. The third kappa shape index (κ3) is 3.20. The van der Waals surface area contributed by atoms with E-state index in [1.165, 1.54) is 22.6 Å². The van der Waals surface area contributed by atoms with Gasteiger partial charge in [0.15, 0.2) is 0 Å². The topological polar surface area (TPSA) is 29.1 Å². The maximum atomic E-state index is 13.1. The van der Waals surface area contributed by atoms with Gasteiger partial charge in [0, 0.05) is 10.4 Å². The fraction of sp³-hybridized carbons (Fsp3) is 0.267. The van der Waals surface area contributed by atoms with E-state index in [2.05, 4.69) is 18.3 Å². The van der Waals surface area contributed by atoms with Gasteiger partial charge in [-0.05, 0) is 54.1 Å². The highest BCUT2D eigenvalue weighted by atomic mass is 32.1. The number of thiophene rings is 1. The minimum absolute atomic E-state index is 0.168. The van der Waals surface area contributed by atoms with E-state index in [0.29, 0.717) is 17.7 Å². The molecule has 1 aromatic heterocycles. The lowest BCUT2D eigenvalue weighted by molar-refractivity contribution is 0.0951. The number of nitrogens with one attached hydrogen (secondary N) is 1. The van der Waals surface area contributed by atoms with Crippen LogP contribution in [0.15, 0.2) is 29.6 Å². The summed E-state index contributed by atoms with van der Waals surface area (Å²) in [5, 5.41) is 4.90. The van der Waals surface area contributed by atoms with Crippen LogP contribution in [0.25, 0.3) is 0 Å². The van der Waals surface area contributed by atoms with Gasteiger partial charge in [0.2, 0.25) is 0 Å². The zero-order chi connectivity index (χ0) is 13.8. The van der Waals surface area contributed by atoms with Crippen molar-refractivity contribution in [2.45, 2.75) is 26.8 Å². The number of benzene rings is 1. The number of hydrogen-bond acceptors (Lipinski definition) is 2. The molecule has 19 heavy (non-hydrogen) atoms. The lowest BCUT2D eigenvalue weighted by Crippen LogP contribution is -2.22. The summed E-state index contributed by atoms with van der Waals surface area (Å²) in [4.78, 5) is 13.1. The highest BCUT2D eigenvalue weighted by Gasteiger charge is 2.09. The van der Waals surface area contributed by atoms with Crippen LogP contribution in [0.2, 0.25) is 0 Å². The van der Waals surface area contributed by atoms with Crippen molar-refractivity contribution in [2.75, 3.05) is 0 Å². The first-order valence-electron chi connectivity index (χ1n) is 6.21. The maximum Gasteiger partial charge on any atom is 0.251 e. The Bertz CT molecular complexity index is 592. The summed E-state index contributed by atoms with van der Waals surface area (Å²) in [6.07, 6.45) is 0.963. The van der Waals surface area contributed by atoms with Crippen molar-refractivity contribution < 1.29 is 9.18 Å². The molecular formula is C15H16FNOS. The zero-order valence-electron chi connectivity index (χ0n) is 11.0. The first-order valence-corrected chi connectivity index (χ1v) is 7.09. The SMILES string of the molecule is CCc1ccsc1CNC(=O)c1ccc(F)c(C)c1. The molecule has 2 aromatic rings. The Morgan fingerprint density at radius 2 is 2.16 bits per heavy atom. The smallest absolute Gasteiger partial charge is 0.251 e. The van der Waals surface area contributed by atoms with E-state index in [0.717, 1.165) is 6.42 Å². The minimum atomic E-state index is -0.289. The molecule has 0 saturated carbocycles. The van der Waals surface area contributed by atoms with Crippen molar-refractivity contribution >= 4 is 17.2 Å². The number of carbonyl (C=O) groups is 1. The van der Waals surface area contributed by atoms with Gasteiger partial charge in [-0.2, -0.15) is 0 Å². The summed E-state index contributed by atoms with van der Waals surface area (Å²) in [6.45, 7) is 4.27. The molecular weight excluding hydrogens is 261 g/mol. The molecule has 0 saturated heterocycles. The molecule has 1 heterocycles. The van der Waals surface area contributed by atoms with Crippen LogP contribution in [0.5, 0.6) is 0 Å². The monoisotopic (exact) mass is 277 g/mol. The average Bonchev–Trinajstić information content (AvgIpc) is 2.86. The van der Waals surface area contributed by atoms with Gasteiger partial charge < -0.3 is 5.32 Å². The molecule has 0 spiro atoms. The molecule has 0 aliphatic carbocycles. The van der Waals surface area contributed by atoms with Crippen LogP contribution in [0.3, 0.4) is 0 Å². The van der Waals surface area contributed by atoms with Gasteiger partial charge in [-0.3, -0.25) is 4.79 Å². The number of aryl methyl sites for hydroxylation is 2. The highest BCUT2D eigenvalue weighted by Crippen LogP contribution is 2.17. The number of halogens is 1. The van der Waals surface area contributed by atoms with Gasteiger partial charge in [-0.1, -0.05) is 6.92 Å². The summed E-state index contributed by atoms with van der Waals surface area (Å²) in [5.74, 6) is -0.457. The second-order valence-electron chi connectivity index (χ2n) is 4.37. The molecule has 0 fully saturated rings. The van der Waals surface area contributed by atoms with E-state index in [1.54, 1.807) is 24.3 Å². The van der Waals surface area contributed by atoms with E-state index >= 15 is 0 Å². The van der Waals surface area contributed by atoms with Gasteiger partial charge in [-0.25, -0.2) is 4.39 Å². The Balaban J connectivity index is 2.03. The maximum absolute atomic E-state index is 13.1. The summed E-state index contributed by atoms with van der Waals surface area (Å²) in [5.41, 5.74) is 2.24. The molecule has 0 atom stereocenters. The van der Waals surface area contributed by atoms with Crippen molar-refractivity contribution in [3.8, 4) is 0 Å². The molecule has 1 N–H and O–H groups in total. The first kappa shape index (κ1) is 13.7. The van der Waals surface area contributed by atoms with E-state index in [-0.39, 0.29) is 11.7 Å². The number of amides is 1. The number of carbonyl (C=O) groups excluding carboxylic acids is 1. The van der Waals surface area contributed by atoms with Gasteiger partial charge in [-0.15, -0.1) is 11.3 Å². The fourth-order valence-corrected chi connectivity index (χ4v) is 2.80. The van der Waals surface area contributed by atoms with E-state index in [9.17, 15) is 9.18 Å². The third-order valence-corrected chi connectivity index (χ3v) is 4.01. The molecule has 1 aromatic carbocycles. The second-order valence-corrected chi connectivity index (χ2v) is 5.37. The quantitative estimate of drug-likeness (QED) is 0.907. The van der Waals surface area contributed by atoms with Gasteiger partial charge in [0.1, 0.15) is 5.82 Å². The van der Waals surface area contributed by atoms with E-state index < -0.39 is 0 Å². The molecule has 1 amide bonds. The van der Waals surface area contributed by atoms with Gasteiger partial charge in [0.05, 0.1) is 6.54 Å². The Kier molecular flexibility index (Phi) is 4.32. The van der Waals surface area contributed by atoms with Crippen LogP contribution in [0.1, 0.15) is 33.3 Å². The molecule has 0 radical (unpaired) electrons. The molecule has 0 bridgehead atoms. The highest BCUT2D eigenvalue weighted by molar-refractivity contribution is 7.10. The molecule has 0 aliphatic heterocycles. The zero-order valence-corrected chi connectivity index (χ0v) is 11.8. The Morgan fingerprint density at radius 3 is 2.84 bits per heavy atom. The average molecular weight is 277 g/mol. The molecule has 2 nitrogen and oxygen atoms in total. The summed E-state index contributed by atoms with van der Waals surface area (Å²) >= 11 is 1.64. The van der Waals surface area contributed by atoms with Crippen molar-refractivity contribution in [2.24, 2.45) is 0 Å². The van der Waals surface area contributed by atoms with E-state index in [4.69, 9.17) is 0 Å². The van der Waals surface area contributed by atoms with Crippen molar-refractivity contribution in [1.29, 1.82) is 0 Å². The summed E-state index contributed by atoms with van der Waals surface area (Å²) in [7, 11) is 0. The van der Waals surface area contributed by atoms with E-state index in [1.807, 2.05) is 5.38 Å². The largest absolute Gasteiger partial charge is 0.347 e. The van der Waals surface area contributed by atoms with Crippen molar-refractivity contribution in [1.82, 2.24) is 5.32 Å². The minimum Gasteiger partial charge on any atom is -0.347 e. The van der Waals surface area contributed by atoms with Gasteiger partial charge in [0.25, 0.3) is 5.91 Å². The summed E-state index contributed by atoms with van der Waals surface area (Å²) in [6, 6.07) is 6.48. The number of hydrogen-bond donors (Lipinski definition) is 1. The Morgan fingerprint density at radius 1 is 1.37 bits per heavy atom. The lowest BCUT2D eigenvalue weighted by Gasteiger charge is -2.06. The van der Waals surface area contributed by atoms with Crippen LogP contribution in [-0.2, 0) is 13.0 Å². The second kappa shape index (κ2) is 5.97. The predicted molar refractivity (Wildman–Crippen MR) is 76.0 cm³/mol. The van der Waals surface area contributed by atoms with Crippen LogP contribution in [0, 0.1) is 12.7 Å². The van der Waals surface area contributed by atoms with Gasteiger partial charge >= 0.3 is 0 Å². The van der Waals surface area contributed by atoms with Crippen LogP contribution < -0.4 is 5.32 Å². The van der Waals surface area contributed by atoms with Crippen molar-refractivity contribution in [3.05, 3.63) is 57.0 Å². The summed E-state index contributed by atoms with van der Waals surface area (Å²) < 4.78 is 13.1. The lowest BCUT2D eigenvalue weighted by atomic mass is 10.1. The predicted octanol–water partition coefficient (Wildman–Crippen LogP) is 3.69. The van der Waals surface area contributed by atoms with Crippen LogP contribution in [0.4, 0.5) is 4.39 Å². The van der Waals surface area contributed by atoms with Crippen LogP contribution >= 0.6 is 11.3 Å². The molecule has 0 aliphatic rings. The molecule has 4 heteroatoms. The fourth-order valence-electron chi connectivity index (χ4n) is 1.89. The first-order chi connectivity index (χ1) is 9.11. The Labute approximate surface area is 116 Å².